The van der Waals surface area contributed by atoms with Crippen molar-refractivity contribution in [2.45, 2.75) is 19.8 Å². The molecule has 0 saturated carbocycles. The Morgan fingerprint density at radius 2 is 2.12 bits per heavy atom. The molecule has 2 aromatic heterocycles. The van der Waals surface area contributed by atoms with E-state index in [9.17, 15) is 14.7 Å². The highest BCUT2D eigenvalue weighted by Crippen LogP contribution is 2.36. The second-order valence-electron chi connectivity index (χ2n) is 5.29. The Labute approximate surface area is 144 Å². The largest absolute Gasteiger partial charge is 0.493 e. The van der Waals surface area contributed by atoms with Crippen LogP contribution in [0.25, 0.3) is 10.9 Å². The molecule has 0 aliphatic carbocycles. The third-order valence-corrected chi connectivity index (χ3v) is 4.15. The average molecular weight is 392 g/mol. The van der Waals surface area contributed by atoms with Crippen molar-refractivity contribution < 1.29 is 9.90 Å². The molecule has 1 amide bonds. The molecule has 0 bridgehead atoms. The van der Waals surface area contributed by atoms with Crippen molar-refractivity contribution in [1.29, 1.82) is 0 Å². The first-order valence-electron chi connectivity index (χ1n) is 7.16. The summed E-state index contributed by atoms with van der Waals surface area (Å²) in [5, 5.41) is 23.2. The average Bonchev–Trinajstić information content (AvgIpc) is 3.02. The summed E-state index contributed by atoms with van der Waals surface area (Å²) in [6, 6.07) is 5.37. The van der Waals surface area contributed by atoms with Gasteiger partial charge in [0.25, 0.3) is 11.5 Å². The van der Waals surface area contributed by atoms with E-state index >= 15 is 0 Å². The highest BCUT2D eigenvalue weighted by Gasteiger charge is 2.12. The number of rotatable bonds is 4. The Morgan fingerprint density at radius 3 is 2.83 bits per heavy atom. The molecule has 0 aliphatic rings. The molecule has 8 nitrogen and oxygen atoms in total. The van der Waals surface area contributed by atoms with E-state index in [1.807, 2.05) is 6.07 Å². The zero-order valence-electron chi connectivity index (χ0n) is 12.7. The Hall–Kier alpha value is -2.68. The number of carbonyl (C=O) groups excluding carboxylic acids is 1. The van der Waals surface area contributed by atoms with Gasteiger partial charge in [-0.3, -0.25) is 14.7 Å². The lowest BCUT2D eigenvalue weighted by atomic mass is 10.1. The minimum Gasteiger partial charge on any atom is -0.493 e. The standard InChI is InChI=1S/C15H14BrN5O3/c1-7-9(14(23)21-18-7)3-5-12(22)19-20-13-10-6-8(16)2-4-11(10)17-15(13)24/h2,4,6,17,24H,3,5H2,1H3,(H2,18,21,23). The van der Waals surface area contributed by atoms with Crippen molar-refractivity contribution in [3.63, 3.8) is 0 Å². The van der Waals surface area contributed by atoms with Gasteiger partial charge in [0.05, 0.1) is 5.52 Å². The van der Waals surface area contributed by atoms with E-state index in [0.29, 0.717) is 22.2 Å². The molecule has 3 rings (SSSR count). The highest BCUT2D eigenvalue weighted by molar-refractivity contribution is 9.10. The number of carbonyl (C=O) groups is 1. The van der Waals surface area contributed by atoms with Gasteiger partial charge in [-0.2, -0.15) is 0 Å². The van der Waals surface area contributed by atoms with Crippen LogP contribution in [0, 0.1) is 6.92 Å². The van der Waals surface area contributed by atoms with Crippen LogP contribution in [0.2, 0.25) is 0 Å². The predicted molar refractivity (Wildman–Crippen MR) is 91.7 cm³/mol. The number of nitrogens with one attached hydrogen (secondary N) is 3. The Morgan fingerprint density at radius 1 is 1.33 bits per heavy atom. The molecule has 9 heteroatoms. The number of aromatic amines is 3. The van der Waals surface area contributed by atoms with Gasteiger partial charge < -0.3 is 15.2 Å². The van der Waals surface area contributed by atoms with Crippen molar-refractivity contribution in [3.05, 3.63) is 44.3 Å². The summed E-state index contributed by atoms with van der Waals surface area (Å²) in [6.45, 7) is 1.75. The highest BCUT2D eigenvalue weighted by atomic mass is 79.9. The number of H-pyrrole nitrogens is 3. The maximum Gasteiger partial charge on any atom is 0.267 e. The summed E-state index contributed by atoms with van der Waals surface area (Å²) in [7, 11) is 0. The zero-order chi connectivity index (χ0) is 17.3. The van der Waals surface area contributed by atoms with Crippen LogP contribution in [-0.2, 0) is 11.2 Å². The molecule has 0 radical (unpaired) electrons. The number of hydrogen-bond acceptors (Lipinski definition) is 4. The fourth-order valence-corrected chi connectivity index (χ4v) is 2.76. The summed E-state index contributed by atoms with van der Waals surface area (Å²) >= 11 is 3.35. The van der Waals surface area contributed by atoms with Gasteiger partial charge in [-0.15, -0.1) is 10.2 Å². The number of nitrogens with zero attached hydrogens (tertiary/aromatic N) is 2. The Balaban J connectivity index is 1.76. The van der Waals surface area contributed by atoms with Crippen LogP contribution in [0.1, 0.15) is 17.7 Å². The third kappa shape index (κ3) is 3.16. The molecule has 0 fully saturated rings. The van der Waals surface area contributed by atoms with Gasteiger partial charge in [0, 0.05) is 27.5 Å². The Bertz CT molecular complexity index is 998. The quantitative estimate of drug-likeness (QED) is 0.509. The lowest BCUT2D eigenvalue weighted by Gasteiger charge is -1.95. The monoisotopic (exact) mass is 391 g/mol. The second-order valence-corrected chi connectivity index (χ2v) is 6.20. The van der Waals surface area contributed by atoms with E-state index in [1.165, 1.54) is 0 Å². The van der Waals surface area contributed by atoms with E-state index in [1.54, 1.807) is 19.1 Å². The molecule has 2 heterocycles. The second kappa shape index (κ2) is 6.44. The molecule has 124 valence electrons. The number of amides is 1. The summed E-state index contributed by atoms with van der Waals surface area (Å²) in [6.07, 6.45) is 0.325. The minimum atomic E-state index is -0.473. The van der Waals surface area contributed by atoms with Crippen LogP contribution in [0.5, 0.6) is 5.88 Å². The van der Waals surface area contributed by atoms with Crippen LogP contribution in [-0.4, -0.2) is 26.2 Å². The smallest absolute Gasteiger partial charge is 0.267 e. The SMILES string of the molecule is Cc1[nH][nH]c(=O)c1CCC(=O)N=Nc1c(O)[nH]c2ccc(Br)cc12. The summed E-state index contributed by atoms with van der Waals surface area (Å²) < 4.78 is 0.818. The van der Waals surface area contributed by atoms with Crippen LogP contribution >= 0.6 is 15.9 Å². The van der Waals surface area contributed by atoms with Gasteiger partial charge in [-0.25, -0.2) is 0 Å². The maximum absolute atomic E-state index is 11.9. The van der Waals surface area contributed by atoms with Crippen LogP contribution in [0.4, 0.5) is 5.69 Å². The molecule has 0 unspecified atom stereocenters. The number of aromatic hydroxyl groups is 1. The molecule has 24 heavy (non-hydrogen) atoms. The van der Waals surface area contributed by atoms with Crippen LogP contribution in [0.15, 0.2) is 37.7 Å². The number of azo groups is 1. The van der Waals surface area contributed by atoms with Gasteiger partial charge in [-0.1, -0.05) is 15.9 Å². The Kier molecular flexibility index (Phi) is 4.34. The van der Waals surface area contributed by atoms with E-state index in [4.69, 9.17) is 0 Å². The number of benzene rings is 1. The summed E-state index contributed by atoms with van der Waals surface area (Å²) in [4.78, 5) is 26.2. The van der Waals surface area contributed by atoms with Gasteiger partial charge in [-0.05, 0) is 31.5 Å². The fraction of sp³-hybridized carbons (Fsp3) is 0.200. The van der Waals surface area contributed by atoms with Gasteiger partial charge in [0.15, 0.2) is 5.69 Å². The topological polar surface area (TPSA) is 126 Å². The van der Waals surface area contributed by atoms with Gasteiger partial charge in [0.2, 0.25) is 5.88 Å². The molecule has 0 spiro atoms. The normalized spacial score (nSPS) is 11.6. The van der Waals surface area contributed by atoms with Crippen molar-refractivity contribution in [2.75, 3.05) is 0 Å². The first kappa shape index (κ1) is 16.2. The number of hydrogen-bond donors (Lipinski definition) is 4. The van der Waals surface area contributed by atoms with Crippen molar-refractivity contribution in [3.8, 4) is 5.88 Å². The lowest BCUT2D eigenvalue weighted by molar-refractivity contribution is -0.118. The molecule has 0 saturated heterocycles. The lowest BCUT2D eigenvalue weighted by Crippen LogP contribution is -2.08. The van der Waals surface area contributed by atoms with Gasteiger partial charge >= 0.3 is 0 Å². The minimum absolute atomic E-state index is 0.0537. The van der Waals surface area contributed by atoms with Crippen LogP contribution in [0.3, 0.4) is 0 Å². The molecule has 0 aliphatic heterocycles. The molecular weight excluding hydrogens is 378 g/mol. The van der Waals surface area contributed by atoms with Crippen LogP contribution < -0.4 is 5.56 Å². The molecule has 4 N–H and O–H groups in total. The number of aromatic nitrogens is 3. The van der Waals surface area contributed by atoms with Gasteiger partial charge in [0.1, 0.15) is 0 Å². The fourth-order valence-electron chi connectivity index (χ4n) is 2.40. The van der Waals surface area contributed by atoms with Crippen molar-refractivity contribution in [2.24, 2.45) is 10.2 Å². The van der Waals surface area contributed by atoms with E-state index in [2.05, 4.69) is 41.3 Å². The van der Waals surface area contributed by atoms with E-state index < -0.39 is 5.91 Å². The zero-order valence-corrected chi connectivity index (χ0v) is 14.3. The molecular formula is C15H14BrN5O3. The molecule has 3 aromatic rings. The van der Waals surface area contributed by atoms with E-state index in [-0.39, 0.29) is 30.0 Å². The molecule has 0 atom stereocenters. The number of fused-ring (bicyclic) bond motifs is 1. The third-order valence-electron chi connectivity index (χ3n) is 3.65. The summed E-state index contributed by atoms with van der Waals surface area (Å²) in [5.74, 6) is -0.628. The van der Waals surface area contributed by atoms with E-state index in [0.717, 1.165) is 4.47 Å². The predicted octanol–water partition coefficient (Wildman–Crippen LogP) is 3.20. The van der Waals surface area contributed by atoms with Crippen molar-refractivity contribution in [1.82, 2.24) is 15.2 Å². The molecule has 1 aromatic carbocycles. The first-order chi connectivity index (χ1) is 11.5. The number of halogens is 1. The first-order valence-corrected chi connectivity index (χ1v) is 7.96. The maximum atomic E-state index is 11.9. The summed E-state index contributed by atoms with van der Waals surface area (Å²) in [5.41, 5.74) is 1.87. The van der Waals surface area contributed by atoms with Crippen molar-refractivity contribution >= 4 is 38.4 Å². The number of aryl methyl sites for hydroxylation is 1.